The lowest BCUT2D eigenvalue weighted by atomic mass is 10.2. The van der Waals surface area contributed by atoms with Crippen molar-refractivity contribution in [3.05, 3.63) is 47.8 Å². The van der Waals surface area contributed by atoms with Crippen LogP contribution >= 0.6 is 24.0 Å². The zero-order valence-electron chi connectivity index (χ0n) is 18.9. The Balaban J connectivity index is 0.00000341. The number of hydrogen-bond acceptors (Lipinski definition) is 5. The van der Waals surface area contributed by atoms with Crippen molar-refractivity contribution < 1.29 is 9.47 Å². The molecular weight excluding hydrogens is 505 g/mol. The molecule has 0 aliphatic carbocycles. The predicted octanol–water partition coefficient (Wildman–Crippen LogP) is 3.40. The van der Waals surface area contributed by atoms with E-state index in [0.717, 1.165) is 67.9 Å². The summed E-state index contributed by atoms with van der Waals surface area (Å²) < 4.78 is 10.8. The van der Waals surface area contributed by atoms with Gasteiger partial charge in [0.1, 0.15) is 11.5 Å². The molecule has 2 N–H and O–H groups in total. The average Bonchev–Trinajstić information content (AvgIpc) is 3.23. The number of halogens is 1. The Bertz CT molecular complexity index is 822. The minimum absolute atomic E-state index is 0. The lowest BCUT2D eigenvalue weighted by Crippen LogP contribution is -2.44. The molecule has 1 aromatic carbocycles. The zero-order chi connectivity index (χ0) is 21.3. The lowest BCUT2D eigenvalue weighted by Gasteiger charge is -2.21. The number of aromatic nitrogens is 1. The number of methoxy groups -OCH3 is 2. The molecule has 1 fully saturated rings. The van der Waals surface area contributed by atoms with Crippen LogP contribution in [0, 0.1) is 6.92 Å². The third kappa shape index (κ3) is 7.45. The van der Waals surface area contributed by atoms with Gasteiger partial charge in [0.2, 0.25) is 0 Å². The zero-order valence-corrected chi connectivity index (χ0v) is 21.2. The van der Waals surface area contributed by atoms with Gasteiger partial charge in [-0.3, -0.25) is 9.98 Å². The number of aliphatic imine (C=N–C) groups is 1. The quantitative estimate of drug-likeness (QED) is 0.305. The van der Waals surface area contributed by atoms with E-state index in [1.54, 1.807) is 14.2 Å². The summed E-state index contributed by atoms with van der Waals surface area (Å²) in [5.41, 5.74) is 3.36. The maximum absolute atomic E-state index is 5.41. The summed E-state index contributed by atoms with van der Waals surface area (Å²) in [6.07, 6.45) is 3.86. The number of rotatable bonds is 8. The van der Waals surface area contributed by atoms with E-state index in [2.05, 4.69) is 45.6 Å². The summed E-state index contributed by atoms with van der Waals surface area (Å²) in [7, 11) is 3.36. The molecule has 1 aromatic heterocycles. The number of guanidine groups is 1. The highest BCUT2D eigenvalue weighted by molar-refractivity contribution is 14.0. The van der Waals surface area contributed by atoms with E-state index in [9.17, 15) is 0 Å². The molecule has 7 nitrogen and oxygen atoms in total. The van der Waals surface area contributed by atoms with Crippen LogP contribution in [0.2, 0.25) is 0 Å². The first-order valence-corrected chi connectivity index (χ1v) is 10.6. The molecular formula is C23H34IN5O2. The monoisotopic (exact) mass is 539 g/mol. The van der Waals surface area contributed by atoms with Crippen LogP contribution in [-0.2, 0) is 6.42 Å². The van der Waals surface area contributed by atoms with Crippen LogP contribution in [0.1, 0.15) is 24.6 Å². The number of benzene rings is 1. The molecule has 0 amide bonds. The van der Waals surface area contributed by atoms with Crippen molar-refractivity contribution in [2.45, 2.75) is 32.7 Å². The van der Waals surface area contributed by atoms with Gasteiger partial charge in [-0.15, -0.1) is 24.0 Å². The third-order valence-corrected chi connectivity index (χ3v) is 5.22. The molecule has 0 bridgehead atoms. The normalized spacial score (nSPS) is 15.9. The van der Waals surface area contributed by atoms with Gasteiger partial charge in [0.15, 0.2) is 5.96 Å². The van der Waals surface area contributed by atoms with E-state index < -0.39 is 0 Å². The van der Waals surface area contributed by atoms with Gasteiger partial charge < -0.3 is 25.0 Å². The van der Waals surface area contributed by atoms with Crippen LogP contribution in [0.25, 0.3) is 0 Å². The number of nitrogens with zero attached hydrogens (tertiary/aromatic N) is 3. The highest BCUT2D eigenvalue weighted by atomic mass is 127. The fraction of sp³-hybridized carbons (Fsp3) is 0.478. The van der Waals surface area contributed by atoms with Gasteiger partial charge in [0.05, 0.1) is 14.2 Å². The molecule has 1 unspecified atom stereocenters. The lowest BCUT2D eigenvalue weighted by molar-refractivity contribution is 0.394. The molecule has 31 heavy (non-hydrogen) atoms. The van der Waals surface area contributed by atoms with E-state index in [0.29, 0.717) is 6.04 Å². The fourth-order valence-electron chi connectivity index (χ4n) is 3.54. The van der Waals surface area contributed by atoms with Gasteiger partial charge in [-0.1, -0.05) is 6.07 Å². The van der Waals surface area contributed by atoms with Crippen LogP contribution in [0.3, 0.4) is 0 Å². The summed E-state index contributed by atoms with van der Waals surface area (Å²) in [6.45, 7) is 7.53. The van der Waals surface area contributed by atoms with Gasteiger partial charge in [0, 0.05) is 68.0 Å². The molecule has 1 aliphatic rings. The van der Waals surface area contributed by atoms with Crippen molar-refractivity contribution in [2.75, 3.05) is 45.3 Å². The van der Waals surface area contributed by atoms with Crippen LogP contribution in [0.5, 0.6) is 11.5 Å². The van der Waals surface area contributed by atoms with Gasteiger partial charge >= 0.3 is 0 Å². The maximum Gasteiger partial charge on any atom is 0.191 e. The third-order valence-electron chi connectivity index (χ3n) is 5.22. The predicted molar refractivity (Wildman–Crippen MR) is 137 cm³/mol. The van der Waals surface area contributed by atoms with E-state index in [-0.39, 0.29) is 24.0 Å². The highest BCUT2D eigenvalue weighted by Gasteiger charge is 2.24. The molecule has 0 spiro atoms. The average molecular weight is 539 g/mol. The van der Waals surface area contributed by atoms with E-state index in [4.69, 9.17) is 14.5 Å². The van der Waals surface area contributed by atoms with Gasteiger partial charge in [0.25, 0.3) is 0 Å². The molecule has 1 aliphatic heterocycles. The smallest absolute Gasteiger partial charge is 0.191 e. The Kier molecular flexibility index (Phi) is 10.2. The number of pyridine rings is 1. The fourth-order valence-corrected chi connectivity index (χ4v) is 3.54. The topological polar surface area (TPSA) is 71.0 Å². The number of nitrogens with one attached hydrogen (secondary N) is 2. The van der Waals surface area contributed by atoms with E-state index in [1.165, 1.54) is 5.56 Å². The van der Waals surface area contributed by atoms with E-state index >= 15 is 0 Å². The van der Waals surface area contributed by atoms with Crippen LogP contribution in [-0.4, -0.2) is 57.4 Å². The minimum Gasteiger partial charge on any atom is -0.497 e. The molecule has 1 saturated heterocycles. The Labute approximate surface area is 202 Å². The molecule has 0 saturated carbocycles. The van der Waals surface area contributed by atoms with E-state index in [1.807, 2.05) is 25.3 Å². The molecule has 1 atom stereocenters. The van der Waals surface area contributed by atoms with Gasteiger partial charge in [-0.2, -0.15) is 0 Å². The summed E-state index contributed by atoms with van der Waals surface area (Å²) in [6, 6.07) is 10.5. The van der Waals surface area contributed by atoms with Gasteiger partial charge in [-0.05, 0) is 38.3 Å². The first kappa shape index (κ1) is 25.0. The second-order valence-corrected chi connectivity index (χ2v) is 7.47. The number of ether oxygens (including phenoxy) is 2. The minimum atomic E-state index is 0. The Morgan fingerprint density at radius 2 is 1.94 bits per heavy atom. The van der Waals surface area contributed by atoms with Crippen LogP contribution in [0.4, 0.5) is 5.69 Å². The molecule has 2 heterocycles. The summed E-state index contributed by atoms with van der Waals surface area (Å²) in [5.74, 6) is 2.48. The van der Waals surface area contributed by atoms with Crippen molar-refractivity contribution in [3.8, 4) is 11.5 Å². The van der Waals surface area contributed by atoms with Crippen molar-refractivity contribution in [1.29, 1.82) is 0 Å². The molecule has 8 heteroatoms. The van der Waals surface area contributed by atoms with Crippen LogP contribution in [0.15, 0.2) is 41.5 Å². The van der Waals surface area contributed by atoms with Crippen molar-refractivity contribution in [3.63, 3.8) is 0 Å². The van der Waals surface area contributed by atoms with Gasteiger partial charge in [-0.25, -0.2) is 0 Å². The second kappa shape index (κ2) is 12.6. The first-order chi connectivity index (χ1) is 14.6. The SMILES string of the molecule is CCNC(=NCCc1ccc(C)nc1)NC1CCN(c2cc(OC)cc(OC)c2)C1.I. The Morgan fingerprint density at radius 3 is 2.55 bits per heavy atom. The number of anilines is 1. The number of aryl methyl sites for hydroxylation is 1. The summed E-state index contributed by atoms with van der Waals surface area (Å²) in [5, 5.41) is 6.95. The largest absolute Gasteiger partial charge is 0.497 e. The van der Waals surface area contributed by atoms with Crippen LogP contribution < -0.4 is 25.0 Å². The van der Waals surface area contributed by atoms with Crippen molar-refractivity contribution >= 4 is 35.6 Å². The highest BCUT2D eigenvalue weighted by Crippen LogP contribution is 2.30. The molecule has 170 valence electrons. The Morgan fingerprint density at radius 1 is 1.19 bits per heavy atom. The van der Waals surface area contributed by atoms with Crippen molar-refractivity contribution in [2.24, 2.45) is 4.99 Å². The van der Waals surface area contributed by atoms with Crippen molar-refractivity contribution in [1.82, 2.24) is 15.6 Å². The molecule has 0 radical (unpaired) electrons. The summed E-state index contributed by atoms with van der Waals surface area (Å²) in [4.78, 5) is 11.5. The number of hydrogen-bond donors (Lipinski definition) is 2. The Hall–Kier alpha value is -2.23. The second-order valence-electron chi connectivity index (χ2n) is 7.47. The standard InChI is InChI=1S/C23H33N5O2.HI/c1-5-24-23(25-10-8-18-7-6-17(2)26-15-18)27-19-9-11-28(16-19)20-12-21(29-3)14-22(13-20)30-4;/h6-7,12-15,19H,5,8-11,16H2,1-4H3,(H2,24,25,27);1H. The molecule has 3 rings (SSSR count). The maximum atomic E-state index is 5.41. The molecule has 2 aromatic rings. The first-order valence-electron chi connectivity index (χ1n) is 10.6. The summed E-state index contributed by atoms with van der Waals surface area (Å²) >= 11 is 0.